The monoisotopic (exact) mass is 457 g/mol. The summed E-state index contributed by atoms with van der Waals surface area (Å²) in [6, 6.07) is 20.3. The second-order valence-electron chi connectivity index (χ2n) is 7.74. The largest absolute Gasteiger partial charge is 0.373 e. The molecule has 0 aliphatic carbocycles. The number of carbonyl (C=O) groups is 2. The van der Waals surface area contributed by atoms with Gasteiger partial charge in [-0.05, 0) is 41.8 Å². The number of rotatable bonds is 4. The maximum atomic E-state index is 13.7. The molecule has 1 atom stereocenters. The molecule has 5 rings (SSSR count). The maximum Gasteiger partial charge on any atom is 0.272 e. The summed E-state index contributed by atoms with van der Waals surface area (Å²) in [5.41, 5.74) is 3.12. The molecule has 1 N–H and O–H groups in total. The number of fused-ring (bicyclic) bond motifs is 1. The van der Waals surface area contributed by atoms with Crippen molar-refractivity contribution in [1.29, 1.82) is 0 Å². The van der Waals surface area contributed by atoms with Crippen molar-refractivity contribution in [2.45, 2.75) is 24.3 Å². The van der Waals surface area contributed by atoms with Gasteiger partial charge in [0.05, 0.1) is 27.1 Å². The number of nitrogens with one attached hydrogen (secondary N) is 1. The number of carbonyl (C=O) groups excluding carboxylic acids is 2. The molecule has 164 valence electrons. The molecule has 0 fully saturated rings. The number of thioether (sulfide) groups is 1. The number of aryl methyl sites for hydroxylation is 1. The number of hydrogen-bond acceptors (Lipinski definition) is 6. The van der Waals surface area contributed by atoms with Gasteiger partial charge in [-0.2, -0.15) is 0 Å². The Hall–Kier alpha value is -3.91. The van der Waals surface area contributed by atoms with E-state index < -0.39 is 22.8 Å². The molecule has 0 bridgehead atoms. The van der Waals surface area contributed by atoms with Crippen LogP contribution in [0.4, 0.5) is 17.1 Å². The molecule has 0 unspecified atom stereocenters. The van der Waals surface area contributed by atoms with E-state index in [4.69, 9.17) is 0 Å². The number of para-hydroxylation sites is 1. The molecule has 33 heavy (non-hydrogen) atoms. The quantitative estimate of drug-likeness (QED) is 0.327. The van der Waals surface area contributed by atoms with Crippen LogP contribution in [0.15, 0.2) is 88.2 Å². The van der Waals surface area contributed by atoms with Gasteiger partial charge in [0.2, 0.25) is 0 Å². The van der Waals surface area contributed by atoms with Gasteiger partial charge in [-0.1, -0.05) is 55.1 Å². The van der Waals surface area contributed by atoms with Gasteiger partial charge in [-0.25, -0.2) is 4.90 Å². The highest BCUT2D eigenvalue weighted by molar-refractivity contribution is 8.04. The Balaban J connectivity index is 1.64. The topological polar surface area (TPSA) is 92.5 Å². The first-order valence-corrected chi connectivity index (χ1v) is 11.3. The first kappa shape index (κ1) is 21.0. The summed E-state index contributed by atoms with van der Waals surface area (Å²) >= 11 is 1.25. The van der Waals surface area contributed by atoms with Crippen molar-refractivity contribution in [3.63, 3.8) is 0 Å². The van der Waals surface area contributed by atoms with Crippen LogP contribution in [0, 0.1) is 10.1 Å². The van der Waals surface area contributed by atoms with Crippen molar-refractivity contribution in [3.05, 3.63) is 105 Å². The molecule has 2 aliphatic rings. The zero-order chi connectivity index (χ0) is 23.1. The van der Waals surface area contributed by atoms with Crippen LogP contribution in [0.2, 0.25) is 0 Å². The van der Waals surface area contributed by atoms with E-state index in [1.54, 1.807) is 24.3 Å². The number of nitrogens with zero attached hydrogens (tertiary/aromatic N) is 2. The molecule has 0 spiro atoms. The molecule has 2 heterocycles. The lowest BCUT2D eigenvalue weighted by Gasteiger charge is -2.22. The Morgan fingerprint density at radius 1 is 1.00 bits per heavy atom. The van der Waals surface area contributed by atoms with Crippen LogP contribution < -0.4 is 10.2 Å². The molecule has 0 radical (unpaired) electrons. The third-order valence-corrected chi connectivity index (χ3v) is 6.95. The number of benzene rings is 3. The Morgan fingerprint density at radius 2 is 1.76 bits per heavy atom. The van der Waals surface area contributed by atoms with Crippen LogP contribution >= 0.6 is 11.8 Å². The predicted molar refractivity (Wildman–Crippen MR) is 127 cm³/mol. The van der Waals surface area contributed by atoms with Crippen LogP contribution in [-0.4, -0.2) is 16.7 Å². The summed E-state index contributed by atoms with van der Waals surface area (Å²) in [6.07, 6.45) is 0.850. The summed E-state index contributed by atoms with van der Waals surface area (Å²) < 4.78 is 0. The minimum Gasteiger partial charge on any atom is -0.373 e. The molecule has 0 saturated heterocycles. The molecule has 0 aromatic heterocycles. The van der Waals surface area contributed by atoms with Crippen molar-refractivity contribution in [2.75, 3.05) is 10.2 Å². The Kier molecular flexibility index (Phi) is 5.22. The van der Waals surface area contributed by atoms with Gasteiger partial charge in [0.25, 0.3) is 17.5 Å². The predicted octanol–water partition coefficient (Wildman–Crippen LogP) is 5.24. The van der Waals surface area contributed by atoms with Gasteiger partial charge in [0.1, 0.15) is 0 Å². The van der Waals surface area contributed by atoms with E-state index in [0.29, 0.717) is 21.7 Å². The van der Waals surface area contributed by atoms with E-state index in [9.17, 15) is 19.7 Å². The molecule has 7 nitrogen and oxygen atoms in total. The fourth-order valence-electron chi connectivity index (χ4n) is 4.08. The van der Waals surface area contributed by atoms with Crippen LogP contribution in [0.25, 0.3) is 0 Å². The van der Waals surface area contributed by atoms with E-state index in [2.05, 4.69) is 5.32 Å². The fraction of sp³-hybridized carbons (Fsp3) is 0.120. The first-order chi connectivity index (χ1) is 16.0. The highest BCUT2D eigenvalue weighted by Crippen LogP contribution is 2.48. The van der Waals surface area contributed by atoms with Gasteiger partial charge in [0.15, 0.2) is 0 Å². The van der Waals surface area contributed by atoms with Crippen LogP contribution in [0.5, 0.6) is 0 Å². The van der Waals surface area contributed by atoms with Gasteiger partial charge < -0.3 is 5.32 Å². The molecule has 2 aliphatic heterocycles. The maximum absolute atomic E-state index is 13.7. The van der Waals surface area contributed by atoms with Crippen LogP contribution in [0.1, 0.15) is 24.1 Å². The van der Waals surface area contributed by atoms with Crippen molar-refractivity contribution in [1.82, 2.24) is 0 Å². The highest BCUT2D eigenvalue weighted by atomic mass is 32.2. The summed E-state index contributed by atoms with van der Waals surface area (Å²) in [6.45, 7) is 2.04. The lowest BCUT2D eigenvalue weighted by Crippen LogP contribution is -2.33. The SMILES string of the molecule is CCc1ccc(N2C(=O)C3=C(C2=O)[C@H](c2cccc([N+](=O)[O-])c2)Nc2ccccc2S3)cc1. The minimum absolute atomic E-state index is 0.0783. The van der Waals surface area contributed by atoms with Gasteiger partial charge in [0, 0.05) is 22.7 Å². The molecular formula is C25H19N3O4S. The van der Waals surface area contributed by atoms with E-state index in [-0.39, 0.29) is 5.69 Å². The van der Waals surface area contributed by atoms with Gasteiger partial charge in [-0.15, -0.1) is 0 Å². The summed E-state index contributed by atoms with van der Waals surface area (Å²) in [5.74, 6) is -0.818. The second kappa shape index (κ2) is 8.22. The van der Waals surface area contributed by atoms with E-state index in [0.717, 1.165) is 22.6 Å². The molecular weight excluding hydrogens is 438 g/mol. The van der Waals surface area contributed by atoms with Crippen LogP contribution in [0.3, 0.4) is 0 Å². The summed E-state index contributed by atoms with van der Waals surface area (Å²) in [7, 11) is 0. The molecule has 3 aromatic carbocycles. The Bertz CT molecular complexity index is 1330. The zero-order valence-electron chi connectivity index (χ0n) is 17.6. The number of nitro benzene ring substituents is 1. The van der Waals surface area contributed by atoms with E-state index in [1.165, 1.54) is 28.8 Å². The van der Waals surface area contributed by atoms with Crippen molar-refractivity contribution >= 4 is 40.6 Å². The van der Waals surface area contributed by atoms with Crippen LogP contribution in [-0.2, 0) is 16.0 Å². The first-order valence-electron chi connectivity index (χ1n) is 10.5. The third-order valence-electron chi connectivity index (χ3n) is 5.78. The molecule has 3 aromatic rings. The average molecular weight is 458 g/mol. The fourth-order valence-corrected chi connectivity index (χ4v) is 5.17. The number of imide groups is 1. The lowest BCUT2D eigenvalue weighted by atomic mass is 9.97. The molecule has 0 saturated carbocycles. The molecule has 2 amide bonds. The third kappa shape index (κ3) is 3.58. The van der Waals surface area contributed by atoms with Gasteiger partial charge >= 0.3 is 0 Å². The standard InChI is InChI=1S/C25H19N3O4S/c1-2-15-10-12-17(13-11-15)27-24(29)21-22(16-6-5-7-18(14-16)28(31)32)26-19-8-3-4-9-20(19)33-23(21)25(27)30/h3-14,22,26H,2H2,1H3/t22-/m0/s1. The zero-order valence-corrected chi connectivity index (χ0v) is 18.5. The van der Waals surface area contributed by atoms with Gasteiger partial charge in [-0.3, -0.25) is 19.7 Å². The molecule has 8 heteroatoms. The summed E-state index contributed by atoms with van der Waals surface area (Å²) in [4.78, 5) is 40.4. The number of hydrogen-bond donors (Lipinski definition) is 1. The van der Waals surface area contributed by atoms with Crippen molar-refractivity contribution in [3.8, 4) is 0 Å². The summed E-state index contributed by atoms with van der Waals surface area (Å²) in [5, 5.41) is 14.7. The number of nitro groups is 1. The smallest absolute Gasteiger partial charge is 0.272 e. The Labute approximate surface area is 194 Å². The van der Waals surface area contributed by atoms with E-state index >= 15 is 0 Å². The number of non-ortho nitro benzene ring substituents is 1. The van der Waals surface area contributed by atoms with Crippen molar-refractivity contribution in [2.24, 2.45) is 0 Å². The average Bonchev–Trinajstić information content (AvgIpc) is 2.98. The van der Waals surface area contributed by atoms with Crippen molar-refractivity contribution < 1.29 is 14.5 Å². The highest BCUT2D eigenvalue weighted by Gasteiger charge is 2.45. The normalized spacial score (nSPS) is 17.4. The Morgan fingerprint density at radius 3 is 2.48 bits per heavy atom. The lowest BCUT2D eigenvalue weighted by molar-refractivity contribution is -0.384. The second-order valence-corrected chi connectivity index (χ2v) is 8.79. The number of amides is 2. The minimum atomic E-state index is -0.715. The van der Waals surface area contributed by atoms with E-state index in [1.807, 2.05) is 43.3 Å². The number of anilines is 2.